The van der Waals surface area contributed by atoms with Crippen molar-refractivity contribution in [1.82, 2.24) is 34.8 Å². The van der Waals surface area contributed by atoms with Crippen LogP contribution in [-0.2, 0) is 31.8 Å². The van der Waals surface area contributed by atoms with E-state index in [0.29, 0.717) is 5.16 Å². The summed E-state index contributed by atoms with van der Waals surface area (Å²) in [6.07, 6.45) is 0. The Morgan fingerprint density at radius 2 is 2.27 bits per heavy atom. The van der Waals surface area contributed by atoms with E-state index < -0.39 is 34.2 Å². The lowest BCUT2D eigenvalue weighted by Crippen LogP contribution is -2.73. The number of anilines is 1. The van der Waals surface area contributed by atoms with E-state index in [0.717, 1.165) is 23.1 Å². The van der Waals surface area contributed by atoms with Crippen LogP contribution < -0.4 is 11.1 Å². The molecule has 15 nitrogen and oxygen atoms in total. The average Bonchev–Trinajstić information content (AvgIpc) is 3.27. The fourth-order valence-corrected chi connectivity index (χ4v) is 5.03. The minimum atomic E-state index is -4.84. The van der Waals surface area contributed by atoms with Crippen molar-refractivity contribution in [3.63, 3.8) is 0 Å². The predicted octanol–water partition coefficient (Wildman–Crippen LogP) is -2.11. The van der Waals surface area contributed by atoms with Crippen LogP contribution in [0.3, 0.4) is 0 Å². The van der Waals surface area contributed by atoms with Crippen molar-refractivity contribution >= 4 is 56.1 Å². The summed E-state index contributed by atoms with van der Waals surface area (Å²) < 4.78 is 34.1. The molecule has 0 aliphatic carbocycles. The van der Waals surface area contributed by atoms with Crippen molar-refractivity contribution in [1.29, 1.82) is 0 Å². The van der Waals surface area contributed by atoms with Gasteiger partial charge in [0.25, 0.3) is 11.8 Å². The lowest BCUT2D eigenvalue weighted by molar-refractivity contribution is -0.143. The second-order valence-corrected chi connectivity index (χ2v) is 8.89. The summed E-state index contributed by atoms with van der Waals surface area (Å²) in [5, 5.41) is 18.8. The normalized spacial score (nSPS) is 19.5. The number of tetrazole rings is 1. The van der Waals surface area contributed by atoms with Crippen molar-refractivity contribution in [3.8, 4) is 0 Å². The van der Waals surface area contributed by atoms with Crippen molar-refractivity contribution in [2.24, 2.45) is 12.2 Å². The highest BCUT2D eigenvalue weighted by Gasteiger charge is 2.54. The van der Waals surface area contributed by atoms with Gasteiger partial charge in [-0.05, 0) is 10.4 Å². The third kappa shape index (κ3) is 4.35. The van der Waals surface area contributed by atoms with Gasteiger partial charge >= 0.3 is 10.3 Å². The number of hydrogen-bond acceptors (Lipinski definition) is 13. The molecule has 1 aliphatic heterocycles. The number of rotatable bonds is 8. The molecule has 30 heavy (non-hydrogen) atoms. The maximum Gasteiger partial charge on any atom is 0.362 e. The Balaban J connectivity index is 1.79. The van der Waals surface area contributed by atoms with Gasteiger partial charge in [-0.3, -0.25) is 14.1 Å². The number of aromatic nitrogens is 5. The molecule has 0 spiro atoms. The van der Waals surface area contributed by atoms with E-state index in [2.05, 4.69) is 35.8 Å². The quantitative estimate of drug-likeness (QED) is 0.123. The highest BCUT2D eigenvalue weighted by molar-refractivity contribution is 7.99. The van der Waals surface area contributed by atoms with Crippen LogP contribution in [0.1, 0.15) is 5.69 Å². The van der Waals surface area contributed by atoms with Gasteiger partial charge in [-0.1, -0.05) is 16.9 Å². The Morgan fingerprint density at radius 3 is 2.80 bits per heavy atom. The SMILES string of the molecule is CO/N=C(\C(=O)NC1C(=O)N(S(=O)(=O)O)C1CSc1nnnn1C)c1csc(N)n1. The van der Waals surface area contributed by atoms with Gasteiger partial charge in [0.05, 0.1) is 6.04 Å². The molecule has 1 aliphatic rings. The summed E-state index contributed by atoms with van der Waals surface area (Å²) >= 11 is 2.10. The van der Waals surface area contributed by atoms with Gasteiger partial charge < -0.3 is 15.9 Å². The summed E-state index contributed by atoms with van der Waals surface area (Å²) in [7, 11) is -2.05. The molecule has 1 fully saturated rings. The number of nitrogen functional groups attached to an aromatic ring is 1. The van der Waals surface area contributed by atoms with E-state index in [1.165, 1.54) is 17.2 Å². The first-order valence-corrected chi connectivity index (χ1v) is 11.2. The van der Waals surface area contributed by atoms with Gasteiger partial charge in [-0.15, -0.1) is 16.4 Å². The molecular weight excluding hydrogens is 462 g/mol. The maximum absolute atomic E-state index is 12.7. The maximum atomic E-state index is 12.7. The van der Waals surface area contributed by atoms with Gasteiger partial charge in [0.2, 0.25) is 5.16 Å². The lowest BCUT2D eigenvalue weighted by Gasteiger charge is -2.43. The third-order valence-corrected chi connectivity index (χ3v) is 6.57. The Kier molecular flexibility index (Phi) is 6.19. The highest BCUT2D eigenvalue weighted by Crippen LogP contribution is 2.29. The molecule has 2 atom stereocenters. The Labute approximate surface area is 177 Å². The van der Waals surface area contributed by atoms with Crippen LogP contribution in [0.15, 0.2) is 15.7 Å². The molecule has 0 radical (unpaired) electrons. The number of amides is 2. The minimum Gasteiger partial charge on any atom is -0.398 e. The Bertz CT molecular complexity index is 1100. The first-order chi connectivity index (χ1) is 14.1. The van der Waals surface area contributed by atoms with Gasteiger partial charge in [-0.25, -0.2) is 14.0 Å². The number of nitrogens with zero attached hydrogens (tertiary/aromatic N) is 7. The zero-order chi connectivity index (χ0) is 22.1. The van der Waals surface area contributed by atoms with E-state index >= 15 is 0 Å². The van der Waals surface area contributed by atoms with E-state index in [1.807, 2.05) is 0 Å². The molecule has 3 rings (SSSR count). The summed E-state index contributed by atoms with van der Waals surface area (Å²) in [4.78, 5) is 33.6. The molecule has 3 heterocycles. The number of oxime groups is 1. The van der Waals surface area contributed by atoms with Gasteiger partial charge in [-0.2, -0.15) is 8.42 Å². The smallest absolute Gasteiger partial charge is 0.362 e. The van der Waals surface area contributed by atoms with Crippen molar-refractivity contribution in [2.45, 2.75) is 17.2 Å². The Hall–Kier alpha value is -2.83. The zero-order valence-electron chi connectivity index (χ0n) is 15.4. The largest absolute Gasteiger partial charge is 0.398 e. The topological polar surface area (TPSA) is 208 Å². The summed E-state index contributed by atoms with van der Waals surface area (Å²) in [6.45, 7) is 0. The van der Waals surface area contributed by atoms with Crippen LogP contribution in [0.25, 0.3) is 0 Å². The number of aryl methyl sites for hydroxylation is 1. The second-order valence-electron chi connectivity index (χ2n) is 5.72. The number of β-lactam (4-membered cyclic amide) rings is 1. The van der Waals surface area contributed by atoms with Crippen molar-refractivity contribution in [2.75, 3.05) is 18.6 Å². The van der Waals surface area contributed by atoms with Gasteiger partial charge in [0, 0.05) is 18.2 Å². The fourth-order valence-electron chi connectivity index (χ4n) is 2.53. The van der Waals surface area contributed by atoms with Crippen LogP contribution in [-0.4, -0.2) is 84.9 Å². The monoisotopic (exact) mass is 477 g/mol. The van der Waals surface area contributed by atoms with Crippen LogP contribution in [0.4, 0.5) is 5.13 Å². The molecular formula is C12H15N9O6S3. The molecule has 0 aromatic carbocycles. The number of nitrogens with two attached hydrogens (primary N) is 1. The van der Waals surface area contributed by atoms with Crippen molar-refractivity contribution < 1.29 is 27.4 Å². The number of carbonyl (C=O) groups is 2. The minimum absolute atomic E-state index is 0.0366. The molecule has 0 bridgehead atoms. The lowest BCUT2D eigenvalue weighted by atomic mass is 10.0. The zero-order valence-corrected chi connectivity index (χ0v) is 17.8. The predicted molar refractivity (Wildman–Crippen MR) is 104 cm³/mol. The third-order valence-electron chi connectivity index (χ3n) is 3.83. The number of thiazole rings is 1. The fraction of sp³-hybridized carbons (Fsp3) is 0.417. The second kappa shape index (κ2) is 8.50. The van der Waals surface area contributed by atoms with Crippen molar-refractivity contribution in [3.05, 3.63) is 11.1 Å². The van der Waals surface area contributed by atoms with Gasteiger partial charge in [0.15, 0.2) is 10.8 Å². The first kappa shape index (κ1) is 21.9. The molecule has 0 saturated carbocycles. The van der Waals surface area contributed by atoms with E-state index in [1.54, 1.807) is 7.05 Å². The molecule has 2 unspecified atom stereocenters. The van der Waals surface area contributed by atoms with E-state index in [4.69, 9.17) is 5.73 Å². The van der Waals surface area contributed by atoms with E-state index in [9.17, 15) is 22.6 Å². The number of carbonyl (C=O) groups excluding carboxylic acids is 2. The Morgan fingerprint density at radius 1 is 1.53 bits per heavy atom. The van der Waals surface area contributed by atoms with Crippen LogP contribution in [0.2, 0.25) is 0 Å². The molecule has 1 saturated heterocycles. The number of thioether (sulfide) groups is 1. The molecule has 18 heteroatoms. The number of hydrogen-bond donors (Lipinski definition) is 3. The van der Waals surface area contributed by atoms with Crippen LogP contribution in [0, 0.1) is 0 Å². The van der Waals surface area contributed by atoms with Crippen LogP contribution in [0.5, 0.6) is 0 Å². The standard InChI is InChI=1S/C12H15N9O6S3/c1-20-12(16-18-19-20)29-4-6-8(10(23)21(6)30(24,25)26)15-9(22)7(17-27-2)5-3-28-11(13)14-5/h3,6,8H,4H2,1-2H3,(H2,13,14)(H,15,22)(H,24,25,26)/b17-7-. The van der Waals surface area contributed by atoms with Gasteiger partial charge in [0.1, 0.15) is 18.8 Å². The summed E-state index contributed by atoms with van der Waals surface area (Å²) in [6, 6.07) is -2.35. The highest BCUT2D eigenvalue weighted by atomic mass is 32.2. The molecule has 2 aromatic rings. The summed E-state index contributed by atoms with van der Waals surface area (Å²) in [5.74, 6) is -1.89. The summed E-state index contributed by atoms with van der Waals surface area (Å²) in [5.41, 5.74) is 5.42. The molecule has 2 amide bonds. The first-order valence-electron chi connectivity index (χ1n) is 7.92. The average molecular weight is 478 g/mol. The number of nitrogens with one attached hydrogen (secondary N) is 1. The molecule has 2 aromatic heterocycles. The van der Waals surface area contributed by atoms with E-state index in [-0.39, 0.29) is 26.6 Å². The molecule has 4 N–H and O–H groups in total. The van der Waals surface area contributed by atoms with Crippen LogP contribution >= 0.6 is 23.1 Å². The molecule has 162 valence electrons.